The summed E-state index contributed by atoms with van der Waals surface area (Å²) in [6.45, 7) is 2.62. The molecular formula is C16H16BFO. The molecule has 0 amide bonds. The average Bonchev–Trinajstić information content (AvgIpc) is 2.83. The van der Waals surface area contributed by atoms with Crippen LogP contribution in [-0.2, 0) is 17.7 Å². The van der Waals surface area contributed by atoms with Crippen LogP contribution >= 0.6 is 0 Å². The summed E-state index contributed by atoms with van der Waals surface area (Å²) < 4.78 is 19.0. The number of hydrogen-bond donors (Lipinski definition) is 0. The molecule has 0 saturated heterocycles. The number of fused-ring (bicyclic) bond motifs is 1. The van der Waals surface area contributed by atoms with Crippen molar-refractivity contribution < 1.29 is 9.04 Å². The summed E-state index contributed by atoms with van der Waals surface area (Å²) in [5.41, 5.74) is 4.54. The average molecular weight is 254 g/mol. The van der Waals surface area contributed by atoms with Crippen molar-refractivity contribution in [3.05, 3.63) is 59.4 Å². The van der Waals surface area contributed by atoms with Crippen LogP contribution in [0.1, 0.15) is 24.5 Å². The van der Waals surface area contributed by atoms with Crippen molar-refractivity contribution in [1.29, 1.82) is 0 Å². The molecule has 3 heteroatoms. The summed E-state index contributed by atoms with van der Waals surface area (Å²) in [6.07, 6.45) is 2.26. The van der Waals surface area contributed by atoms with Gasteiger partial charge in [0.05, 0.1) is 6.61 Å². The van der Waals surface area contributed by atoms with Crippen molar-refractivity contribution >= 4 is 17.8 Å². The monoisotopic (exact) mass is 254 g/mol. The third kappa shape index (κ3) is 2.43. The van der Waals surface area contributed by atoms with Crippen LogP contribution in [0.3, 0.4) is 0 Å². The van der Waals surface area contributed by atoms with Crippen LogP contribution in [0.2, 0.25) is 0 Å². The third-order valence-corrected chi connectivity index (χ3v) is 3.61. The topological polar surface area (TPSA) is 9.23 Å². The lowest BCUT2D eigenvalue weighted by molar-refractivity contribution is 0.336. The van der Waals surface area contributed by atoms with Crippen molar-refractivity contribution in [2.45, 2.75) is 26.4 Å². The van der Waals surface area contributed by atoms with Gasteiger partial charge >= 0.3 is 6.92 Å². The van der Waals surface area contributed by atoms with E-state index in [0.29, 0.717) is 6.61 Å². The molecule has 0 unspecified atom stereocenters. The minimum absolute atomic E-state index is 0.0497. The minimum Gasteiger partial charge on any atom is -0.423 e. The van der Waals surface area contributed by atoms with Gasteiger partial charge in [-0.2, -0.15) is 0 Å². The Balaban J connectivity index is 1.88. The highest BCUT2D eigenvalue weighted by Gasteiger charge is 2.29. The molecule has 0 atom stereocenters. The van der Waals surface area contributed by atoms with E-state index in [1.54, 1.807) is 6.07 Å². The molecule has 0 saturated carbocycles. The van der Waals surface area contributed by atoms with Gasteiger partial charge in [-0.1, -0.05) is 43.7 Å². The molecular weight excluding hydrogens is 238 g/mol. The van der Waals surface area contributed by atoms with Gasteiger partial charge in [0, 0.05) is 0 Å². The highest BCUT2D eigenvalue weighted by molar-refractivity contribution is 6.81. The molecule has 2 aromatic carbocycles. The van der Waals surface area contributed by atoms with Crippen molar-refractivity contribution in [3.8, 4) is 0 Å². The van der Waals surface area contributed by atoms with Crippen molar-refractivity contribution in [2.24, 2.45) is 0 Å². The Labute approximate surface area is 113 Å². The van der Waals surface area contributed by atoms with E-state index in [4.69, 9.17) is 4.65 Å². The molecule has 0 N–H and O–H groups in total. The second kappa shape index (κ2) is 5.18. The zero-order chi connectivity index (χ0) is 13.2. The van der Waals surface area contributed by atoms with Crippen LogP contribution in [0, 0.1) is 5.82 Å². The number of rotatable bonds is 3. The van der Waals surface area contributed by atoms with Crippen molar-refractivity contribution in [1.82, 2.24) is 0 Å². The largest absolute Gasteiger partial charge is 0.423 e. The van der Waals surface area contributed by atoms with Gasteiger partial charge in [-0.3, -0.25) is 0 Å². The van der Waals surface area contributed by atoms with Crippen LogP contribution in [0.25, 0.3) is 0 Å². The predicted octanol–water partition coefficient (Wildman–Crippen LogP) is 2.41. The molecule has 19 heavy (non-hydrogen) atoms. The molecule has 0 aliphatic carbocycles. The Morgan fingerprint density at radius 1 is 1.16 bits per heavy atom. The minimum atomic E-state index is -0.193. The maximum Gasteiger partial charge on any atom is 0.362 e. The summed E-state index contributed by atoms with van der Waals surface area (Å²) >= 11 is 0. The summed E-state index contributed by atoms with van der Waals surface area (Å²) in [6, 6.07) is 13.5. The molecule has 0 aromatic heterocycles. The first kappa shape index (κ1) is 12.4. The first-order valence-corrected chi connectivity index (χ1v) is 6.76. The second-order valence-electron chi connectivity index (χ2n) is 5.03. The maximum atomic E-state index is 13.2. The Bertz CT molecular complexity index is 580. The fraction of sp³-hybridized carbons (Fsp3) is 0.250. The highest BCUT2D eigenvalue weighted by atomic mass is 19.1. The molecule has 96 valence electrons. The fourth-order valence-electron chi connectivity index (χ4n) is 2.64. The lowest BCUT2D eigenvalue weighted by Gasteiger charge is -2.08. The first-order chi connectivity index (χ1) is 9.28. The Morgan fingerprint density at radius 2 is 1.95 bits per heavy atom. The van der Waals surface area contributed by atoms with Crippen LogP contribution < -0.4 is 10.9 Å². The molecule has 0 radical (unpaired) electrons. The summed E-state index contributed by atoms with van der Waals surface area (Å²) in [4.78, 5) is 0. The standard InChI is InChI=1S/C16H16BFO/c1-2-3-12-4-6-14(7-5-12)17-16-9-8-15(18)10-13(16)11-19-17/h4-10H,2-3,11H2,1H3. The van der Waals surface area contributed by atoms with Crippen LogP contribution in [-0.4, -0.2) is 6.92 Å². The molecule has 1 aliphatic rings. The lowest BCUT2D eigenvalue weighted by atomic mass is 9.56. The normalized spacial score (nSPS) is 13.7. The first-order valence-electron chi connectivity index (χ1n) is 6.76. The molecule has 0 spiro atoms. The molecule has 3 rings (SSSR count). The summed E-state index contributed by atoms with van der Waals surface area (Å²) in [5.74, 6) is -0.193. The number of hydrogen-bond acceptors (Lipinski definition) is 1. The van der Waals surface area contributed by atoms with E-state index < -0.39 is 0 Å². The lowest BCUT2D eigenvalue weighted by Crippen LogP contribution is -2.41. The van der Waals surface area contributed by atoms with E-state index in [1.807, 2.05) is 6.07 Å². The molecule has 0 fully saturated rings. The van der Waals surface area contributed by atoms with Gasteiger partial charge < -0.3 is 4.65 Å². The van der Waals surface area contributed by atoms with E-state index in [2.05, 4.69) is 31.2 Å². The van der Waals surface area contributed by atoms with Gasteiger partial charge in [0.2, 0.25) is 0 Å². The van der Waals surface area contributed by atoms with E-state index >= 15 is 0 Å². The van der Waals surface area contributed by atoms with Crippen molar-refractivity contribution in [2.75, 3.05) is 0 Å². The van der Waals surface area contributed by atoms with Crippen LogP contribution in [0.15, 0.2) is 42.5 Å². The quantitative estimate of drug-likeness (QED) is 0.764. The fourth-order valence-corrected chi connectivity index (χ4v) is 2.64. The van der Waals surface area contributed by atoms with Gasteiger partial charge in [0.1, 0.15) is 5.82 Å². The van der Waals surface area contributed by atoms with E-state index in [-0.39, 0.29) is 12.7 Å². The zero-order valence-electron chi connectivity index (χ0n) is 11.0. The summed E-state index contributed by atoms with van der Waals surface area (Å²) in [5, 5.41) is 0. The van der Waals surface area contributed by atoms with Crippen molar-refractivity contribution in [3.63, 3.8) is 0 Å². The molecule has 1 nitrogen and oxygen atoms in total. The maximum absolute atomic E-state index is 13.2. The second-order valence-corrected chi connectivity index (χ2v) is 5.03. The van der Waals surface area contributed by atoms with Crippen LogP contribution in [0.4, 0.5) is 4.39 Å². The van der Waals surface area contributed by atoms with Crippen LogP contribution in [0.5, 0.6) is 0 Å². The van der Waals surface area contributed by atoms with E-state index in [1.165, 1.54) is 11.6 Å². The third-order valence-electron chi connectivity index (χ3n) is 3.61. The summed E-state index contributed by atoms with van der Waals surface area (Å²) in [7, 11) is 0. The van der Waals surface area contributed by atoms with E-state index in [9.17, 15) is 4.39 Å². The molecule has 2 aromatic rings. The zero-order valence-corrected chi connectivity index (χ0v) is 11.0. The predicted molar refractivity (Wildman–Crippen MR) is 76.6 cm³/mol. The van der Waals surface area contributed by atoms with Gasteiger partial charge in [-0.25, -0.2) is 4.39 Å². The molecule has 1 aliphatic heterocycles. The number of aryl methyl sites for hydroxylation is 1. The highest BCUT2D eigenvalue weighted by Crippen LogP contribution is 2.13. The molecule has 0 bridgehead atoms. The van der Waals surface area contributed by atoms with Gasteiger partial charge in [-0.15, -0.1) is 0 Å². The van der Waals surface area contributed by atoms with E-state index in [0.717, 1.165) is 29.3 Å². The Morgan fingerprint density at radius 3 is 2.68 bits per heavy atom. The van der Waals surface area contributed by atoms with Gasteiger partial charge in [0.25, 0.3) is 0 Å². The SMILES string of the molecule is CCCc1ccc(B2OCc3cc(F)ccc32)cc1. The van der Waals surface area contributed by atoms with Gasteiger partial charge in [0.15, 0.2) is 0 Å². The molecule has 1 heterocycles. The Kier molecular flexibility index (Phi) is 3.39. The number of benzene rings is 2. The Hall–Kier alpha value is -1.61. The van der Waals surface area contributed by atoms with Gasteiger partial charge in [-0.05, 0) is 40.6 Å². The smallest absolute Gasteiger partial charge is 0.362 e. The number of halogens is 1.